The predicted octanol–water partition coefficient (Wildman–Crippen LogP) is 2.83. The standard InChI is InChI=1S/C15H15NO2/c17-14-5-1-11(2-6-14)9-16-8-7-13(10-16)15(18)12-3-4-12/h1-2,5-8,10,12,17H,3-4,9H2. The molecule has 1 aromatic carbocycles. The minimum absolute atomic E-state index is 0.273. The molecule has 1 aliphatic rings. The van der Waals surface area contributed by atoms with Crippen LogP contribution in [-0.2, 0) is 6.54 Å². The van der Waals surface area contributed by atoms with Crippen molar-refractivity contribution in [2.45, 2.75) is 19.4 Å². The Morgan fingerprint density at radius 2 is 1.94 bits per heavy atom. The number of Topliss-reactive ketones (excluding diaryl/α,β-unsaturated/α-hetero) is 1. The highest BCUT2D eigenvalue weighted by molar-refractivity contribution is 5.99. The second-order valence-electron chi connectivity index (χ2n) is 4.88. The molecule has 0 saturated heterocycles. The summed E-state index contributed by atoms with van der Waals surface area (Å²) >= 11 is 0. The first kappa shape index (κ1) is 11.1. The monoisotopic (exact) mass is 241 g/mol. The molecule has 2 aromatic rings. The van der Waals surface area contributed by atoms with Crippen LogP contribution in [-0.4, -0.2) is 15.5 Å². The van der Waals surface area contributed by atoms with Crippen molar-refractivity contribution in [2.75, 3.05) is 0 Å². The molecule has 0 spiro atoms. The molecule has 0 bridgehead atoms. The number of hydrogen-bond donors (Lipinski definition) is 1. The zero-order chi connectivity index (χ0) is 12.5. The Bertz CT molecular complexity index is 564. The topological polar surface area (TPSA) is 42.2 Å². The highest BCUT2D eigenvalue weighted by atomic mass is 16.3. The molecule has 3 rings (SSSR count). The quantitative estimate of drug-likeness (QED) is 0.836. The van der Waals surface area contributed by atoms with Crippen molar-refractivity contribution in [3.63, 3.8) is 0 Å². The Morgan fingerprint density at radius 1 is 1.22 bits per heavy atom. The van der Waals surface area contributed by atoms with Crippen molar-refractivity contribution >= 4 is 5.78 Å². The Labute approximate surface area is 106 Å². The van der Waals surface area contributed by atoms with Gasteiger partial charge in [0.05, 0.1) is 0 Å². The van der Waals surface area contributed by atoms with Crippen molar-refractivity contribution < 1.29 is 9.90 Å². The molecular formula is C15H15NO2. The van der Waals surface area contributed by atoms with Gasteiger partial charge in [0.2, 0.25) is 0 Å². The molecule has 3 nitrogen and oxygen atoms in total. The first-order chi connectivity index (χ1) is 8.72. The van der Waals surface area contributed by atoms with Gasteiger partial charge in [-0.2, -0.15) is 0 Å². The lowest BCUT2D eigenvalue weighted by Crippen LogP contribution is -2.00. The van der Waals surface area contributed by atoms with Gasteiger partial charge in [-0.25, -0.2) is 0 Å². The molecule has 1 heterocycles. The van der Waals surface area contributed by atoms with E-state index in [0.29, 0.717) is 0 Å². The summed E-state index contributed by atoms with van der Waals surface area (Å²) in [6, 6.07) is 9.01. The average molecular weight is 241 g/mol. The van der Waals surface area contributed by atoms with Crippen LogP contribution in [0.4, 0.5) is 0 Å². The summed E-state index contributed by atoms with van der Waals surface area (Å²) in [5, 5.41) is 9.22. The Hall–Kier alpha value is -2.03. The highest BCUT2D eigenvalue weighted by Gasteiger charge is 2.30. The van der Waals surface area contributed by atoms with Crippen molar-refractivity contribution in [3.8, 4) is 5.75 Å². The van der Waals surface area contributed by atoms with Crippen molar-refractivity contribution in [2.24, 2.45) is 5.92 Å². The van der Waals surface area contributed by atoms with Crippen LogP contribution in [0.1, 0.15) is 28.8 Å². The fourth-order valence-electron chi connectivity index (χ4n) is 2.08. The number of aromatic nitrogens is 1. The van der Waals surface area contributed by atoms with Gasteiger partial charge in [0.15, 0.2) is 5.78 Å². The summed E-state index contributed by atoms with van der Waals surface area (Å²) in [4.78, 5) is 11.9. The van der Waals surface area contributed by atoms with Gasteiger partial charge in [-0.3, -0.25) is 4.79 Å². The molecule has 0 amide bonds. The second-order valence-corrected chi connectivity index (χ2v) is 4.88. The van der Waals surface area contributed by atoms with Gasteiger partial charge in [-0.1, -0.05) is 12.1 Å². The van der Waals surface area contributed by atoms with Crippen molar-refractivity contribution in [1.82, 2.24) is 4.57 Å². The van der Waals surface area contributed by atoms with Crippen molar-refractivity contribution in [3.05, 3.63) is 53.9 Å². The van der Waals surface area contributed by atoms with Crippen molar-refractivity contribution in [1.29, 1.82) is 0 Å². The molecule has 1 saturated carbocycles. The van der Waals surface area contributed by atoms with Crippen LogP contribution in [0, 0.1) is 5.92 Å². The lowest BCUT2D eigenvalue weighted by Gasteiger charge is -2.03. The third-order valence-corrected chi connectivity index (χ3v) is 3.28. The molecule has 1 fully saturated rings. The average Bonchev–Trinajstić information content (AvgIpc) is 3.12. The number of phenolic OH excluding ortho intramolecular Hbond substituents is 1. The molecule has 3 heteroatoms. The summed E-state index contributed by atoms with van der Waals surface area (Å²) in [5.74, 6) is 0.824. The number of aromatic hydroxyl groups is 1. The second kappa shape index (κ2) is 4.33. The number of rotatable bonds is 4. The molecule has 92 valence electrons. The van der Waals surface area contributed by atoms with Gasteiger partial charge in [0.1, 0.15) is 5.75 Å². The minimum Gasteiger partial charge on any atom is -0.508 e. The molecule has 18 heavy (non-hydrogen) atoms. The summed E-state index contributed by atoms with van der Waals surface area (Å²) < 4.78 is 2.00. The molecule has 1 aromatic heterocycles. The molecule has 0 radical (unpaired) electrons. The van der Waals surface area contributed by atoms with Gasteiger partial charge in [-0.05, 0) is 36.6 Å². The lowest BCUT2D eigenvalue weighted by molar-refractivity contribution is 0.0967. The maximum Gasteiger partial charge on any atom is 0.167 e. The van der Waals surface area contributed by atoms with Crippen LogP contribution >= 0.6 is 0 Å². The van der Waals surface area contributed by atoms with Crippen LogP contribution in [0.5, 0.6) is 5.75 Å². The Morgan fingerprint density at radius 3 is 2.61 bits per heavy atom. The number of carbonyl (C=O) groups excluding carboxylic acids is 1. The molecular weight excluding hydrogens is 226 g/mol. The molecule has 0 atom stereocenters. The SMILES string of the molecule is O=C(c1ccn(Cc2ccc(O)cc2)c1)C1CC1. The molecule has 0 aliphatic heterocycles. The number of ketones is 1. The number of nitrogens with zero attached hydrogens (tertiary/aromatic N) is 1. The smallest absolute Gasteiger partial charge is 0.167 e. The highest BCUT2D eigenvalue weighted by Crippen LogP contribution is 2.32. The maximum absolute atomic E-state index is 11.9. The van der Waals surface area contributed by atoms with Crippen LogP contribution in [0.2, 0.25) is 0 Å². The number of hydrogen-bond acceptors (Lipinski definition) is 2. The zero-order valence-corrected chi connectivity index (χ0v) is 10.0. The molecule has 1 N–H and O–H groups in total. The van der Waals surface area contributed by atoms with E-state index < -0.39 is 0 Å². The van der Waals surface area contributed by atoms with Gasteiger partial charge in [0.25, 0.3) is 0 Å². The fourth-order valence-corrected chi connectivity index (χ4v) is 2.08. The summed E-state index contributed by atoms with van der Waals surface area (Å²) in [7, 11) is 0. The number of benzene rings is 1. The Kier molecular flexibility index (Phi) is 2.67. The largest absolute Gasteiger partial charge is 0.508 e. The minimum atomic E-state index is 0.273. The van der Waals surface area contributed by atoms with E-state index in [1.807, 2.05) is 35.2 Å². The van der Waals surface area contributed by atoms with Crippen LogP contribution in [0.15, 0.2) is 42.7 Å². The van der Waals surface area contributed by atoms with Gasteiger partial charge in [-0.15, -0.1) is 0 Å². The summed E-state index contributed by atoms with van der Waals surface area (Å²) in [5.41, 5.74) is 1.92. The van der Waals surface area contributed by atoms with E-state index in [4.69, 9.17) is 0 Å². The molecule has 0 unspecified atom stereocenters. The lowest BCUT2D eigenvalue weighted by atomic mass is 10.1. The maximum atomic E-state index is 11.9. The van der Waals surface area contributed by atoms with E-state index >= 15 is 0 Å². The number of carbonyl (C=O) groups is 1. The summed E-state index contributed by atoms with van der Waals surface area (Å²) in [6.45, 7) is 0.720. The molecule has 1 aliphatic carbocycles. The van der Waals surface area contributed by atoms with E-state index in [2.05, 4.69) is 0 Å². The van der Waals surface area contributed by atoms with Gasteiger partial charge < -0.3 is 9.67 Å². The summed E-state index contributed by atoms with van der Waals surface area (Å²) in [6.07, 6.45) is 5.93. The third kappa shape index (κ3) is 2.30. The van der Waals surface area contributed by atoms with Gasteiger partial charge >= 0.3 is 0 Å². The normalized spacial score (nSPS) is 14.7. The third-order valence-electron chi connectivity index (χ3n) is 3.28. The van der Waals surface area contributed by atoms with E-state index in [9.17, 15) is 9.90 Å². The first-order valence-electron chi connectivity index (χ1n) is 6.20. The van der Waals surface area contributed by atoms with E-state index in [1.54, 1.807) is 12.1 Å². The van der Waals surface area contributed by atoms with E-state index in [-0.39, 0.29) is 17.5 Å². The van der Waals surface area contributed by atoms with E-state index in [0.717, 1.165) is 30.5 Å². The van der Waals surface area contributed by atoms with Gasteiger partial charge in [0, 0.05) is 30.4 Å². The van der Waals surface area contributed by atoms with Crippen LogP contribution in [0.3, 0.4) is 0 Å². The van der Waals surface area contributed by atoms with Crippen LogP contribution < -0.4 is 0 Å². The first-order valence-corrected chi connectivity index (χ1v) is 6.20. The number of phenols is 1. The Balaban J connectivity index is 1.73. The fraction of sp³-hybridized carbons (Fsp3) is 0.267. The van der Waals surface area contributed by atoms with E-state index in [1.165, 1.54) is 0 Å². The zero-order valence-electron chi connectivity index (χ0n) is 10.0. The predicted molar refractivity (Wildman–Crippen MR) is 68.7 cm³/mol. The van der Waals surface area contributed by atoms with Crippen LogP contribution in [0.25, 0.3) is 0 Å².